The summed E-state index contributed by atoms with van der Waals surface area (Å²) < 4.78 is 13.7. The first kappa shape index (κ1) is 19.5. The fourth-order valence-electron chi connectivity index (χ4n) is 3.21. The highest BCUT2D eigenvalue weighted by Gasteiger charge is 2.19. The van der Waals surface area contributed by atoms with Crippen LogP contribution in [0.4, 0.5) is 0 Å². The molecule has 4 aromatic rings. The van der Waals surface area contributed by atoms with Crippen LogP contribution in [-0.4, -0.2) is 24.6 Å². The number of hydrogen-bond donors (Lipinski definition) is 4. The Morgan fingerprint density at radius 2 is 0.800 bits per heavy atom. The smallest absolute Gasteiger partial charge is 0.116 e. The van der Waals surface area contributed by atoms with Crippen molar-refractivity contribution in [1.29, 1.82) is 0 Å². The third kappa shape index (κ3) is 3.86. The van der Waals surface area contributed by atoms with Crippen LogP contribution in [0.2, 0.25) is 0 Å². The van der Waals surface area contributed by atoms with Crippen LogP contribution < -0.4 is 0 Å². The fraction of sp³-hybridized carbons (Fsp3) is 0. The Kier molecular flexibility index (Phi) is 5.16. The zero-order valence-electron chi connectivity index (χ0n) is 15.7. The lowest BCUT2D eigenvalue weighted by Crippen LogP contribution is -1.99. The molecule has 0 unspecified atom stereocenters. The summed E-state index contributed by atoms with van der Waals surface area (Å²) in [7, 11) is -1.75. The molecular weight excluding hydrogens is 400 g/mol. The molecule has 0 fully saturated rings. The van der Waals surface area contributed by atoms with Crippen molar-refractivity contribution in [2.75, 3.05) is 0 Å². The molecule has 30 heavy (non-hydrogen) atoms. The predicted octanol–water partition coefficient (Wildman–Crippen LogP) is 5.01. The van der Waals surface area contributed by atoms with Crippen LogP contribution in [0.15, 0.2) is 94.7 Å². The van der Waals surface area contributed by atoms with E-state index in [0.717, 1.165) is 11.1 Å². The van der Waals surface area contributed by atoms with Gasteiger partial charge in [0.25, 0.3) is 0 Å². The van der Waals surface area contributed by atoms with Gasteiger partial charge < -0.3 is 20.4 Å². The standard InChI is InChI=1S/C24H18O5S/c25-17-5-1-15(2-6-17)21-11-9-19(27)13-23(21)30(29)24-14-20(28)10-12-22(24)16-3-7-18(26)8-4-16/h1-14,25-28H. The van der Waals surface area contributed by atoms with Crippen molar-refractivity contribution in [2.24, 2.45) is 0 Å². The minimum atomic E-state index is -1.75. The Labute approximate surface area is 175 Å². The molecule has 0 atom stereocenters. The summed E-state index contributed by atoms with van der Waals surface area (Å²) >= 11 is 0. The molecule has 6 heteroatoms. The number of benzene rings is 4. The lowest BCUT2D eigenvalue weighted by Gasteiger charge is -2.14. The van der Waals surface area contributed by atoms with Gasteiger partial charge in [0.1, 0.15) is 23.0 Å². The van der Waals surface area contributed by atoms with Crippen LogP contribution in [0.3, 0.4) is 0 Å². The zero-order valence-corrected chi connectivity index (χ0v) is 16.5. The van der Waals surface area contributed by atoms with Crippen molar-refractivity contribution < 1.29 is 24.6 Å². The molecule has 0 saturated carbocycles. The Hall–Kier alpha value is -3.77. The van der Waals surface area contributed by atoms with Gasteiger partial charge in [-0.05, 0) is 82.9 Å². The minimum Gasteiger partial charge on any atom is -0.508 e. The summed E-state index contributed by atoms with van der Waals surface area (Å²) in [5, 5.41) is 39.2. The van der Waals surface area contributed by atoms with E-state index in [0.29, 0.717) is 20.9 Å². The molecule has 0 amide bonds. The van der Waals surface area contributed by atoms with Crippen molar-refractivity contribution in [2.45, 2.75) is 9.79 Å². The van der Waals surface area contributed by atoms with E-state index in [2.05, 4.69) is 0 Å². The van der Waals surface area contributed by atoms with E-state index in [9.17, 15) is 24.6 Å². The minimum absolute atomic E-state index is 0.0350. The summed E-state index contributed by atoms with van der Waals surface area (Å²) in [6, 6.07) is 22.1. The van der Waals surface area contributed by atoms with E-state index < -0.39 is 10.8 Å². The molecule has 150 valence electrons. The molecule has 4 N–H and O–H groups in total. The second-order valence-corrected chi connectivity index (χ2v) is 8.14. The van der Waals surface area contributed by atoms with Gasteiger partial charge in [0.05, 0.1) is 20.6 Å². The van der Waals surface area contributed by atoms with Gasteiger partial charge in [0.15, 0.2) is 0 Å². The molecule has 0 spiro atoms. The van der Waals surface area contributed by atoms with Gasteiger partial charge in [-0.3, -0.25) is 0 Å². The monoisotopic (exact) mass is 418 g/mol. The number of phenols is 4. The maximum atomic E-state index is 13.7. The lowest BCUT2D eigenvalue weighted by molar-refractivity contribution is 0.473. The molecule has 0 bridgehead atoms. The summed E-state index contributed by atoms with van der Waals surface area (Å²) in [6.45, 7) is 0. The molecule has 0 radical (unpaired) electrons. The predicted molar refractivity (Wildman–Crippen MR) is 115 cm³/mol. The molecule has 0 saturated heterocycles. The topological polar surface area (TPSA) is 98.0 Å². The lowest BCUT2D eigenvalue weighted by atomic mass is 10.1. The Bertz CT molecular complexity index is 1130. The maximum absolute atomic E-state index is 13.7. The highest BCUT2D eigenvalue weighted by Crippen LogP contribution is 2.37. The first-order chi connectivity index (χ1) is 14.4. The maximum Gasteiger partial charge on any atom is 0.116 e. The summed E-state index contributed by atoms with van der Waals surface area (Å²) in [5.74, 6) is 0.157. The van der Waals surface area contributed by atoms with E-state index >= 15 is 0 Å². The van der Waals surface area contributed by atoms with Crippen molar-refractivity contribution in [3.63, 3.8) is 0 Å². The zero-order chi connectivity index (χ0) is 21.3. The highest BCUT2D eigenvalue weighted by molar-refractivity contribution is 7.85. The molecule has 5 nitrogen and oxygen atoms in total. The van der Waals surface area contributed by atoms with Crippen LogP contribution >= 0.6 is 0 Å². The summed E-state index contributed by atoms with van der Waals surface area (Å²) in [5.41, 5.74) is 2.71. The van der Waals surface area contributed by atoms with Gasteiger partial charge in [0.2, 0.25) is 0 Å². The highest BCUT2D eigenvalue weighted by atomic mass is 32.2. The second-order valence-electron chi connectivity index (χ2n) is 6.72. The Morgan fingerprint density at radius 3 is 1.17 bits per heavy atom. The van der Waals surface area contributed by atoms with Crippen molar-refractivity contribution >= 4 is 10.8 Å². The van der Waals surface area contributed by atoms with Crippen LogP contribution in [0.5, 0.6) is 23.0 Å². The Balaban J connectivity index is 1.88. The van der Waals surface area contributed by atoms with Crippen molar-refractivity contribution in [3.8, 4) is 45.3 Å². The fourth-order valence-corrected chi connectivity index (χ4v) is 4.67. The van der Waals surface area contributed by atoms with Crippen LogP contribution in [0.1, 0.15) is 0 Å². The van der Waals surface area contributed by atoms with Gasteiger partial charge >= 0.3 is 0 Å². The van der Waals surface area contributed by atoms with Crippen molar-refractivity contribution in [1.82, 2.24) is 0 Å². The number of aromatic hydroxyl groups is 4. The third-order valence-corrected chi connectivity index (χ3v) is 6.16. The van der Waals surface area contributed by atoms with Crippen LogP contribution in [-0.2, 0) is 10.8 Å². The SMILES string of the molecule is O=S(c1cc(O)ccc1-c1ccc(O)cc1)c1cc(O)ccc1-c1ccc(O)cc1. The van der Waals surface area contributed by atoms with E-state index in [-0.39, 0.29) is 23.0 Å². The molecule has 4 aromatic carbocycles. The van der Waals surface area contributed by atoms with Crippen molar-refractivity contribution in [3.05, 3.63) is 84.9 Å². The number of hydrogen-bond acceptors (Lipinski definition) is 5. The summed E-state index contributed by atoms with van der Waals surface area (Å²) in [4.78, 5) is 0.734. The molecule has 0 aliphatic heterocycles. The first-order valence-electron chi connectivity index (χ1n) is 9.09. The molecule has 0 aromatic heterocycles. The van der Waals surface area contributed by atoms with Gasteiger partial charge in [-0.15, -0.1) is 0 Å². The molecule has 0 aliphatic carbocycles. The van der Waals surface area contributed by atoms with Gasteiger partial charge in [-0.2, -0.15) is 0 Å². The van der Waals surface area contributed by atoms with Gasteiger partial charge in [-0.1, -0.05) is 24.3 Å². The molecule has 0 heterocycles. The van der Waals surface area contributed by atoms with E-state index in [1.54, 1.807) is 36.4 Å². The number of rotatable bonds is 4. The first-order valence-corrected chi connectivity index (χ1v) is 10.2. The van der Waals surface area contributed by atoms with E-state index in [1.165, 1.54) is 48.5 Å². The van der Waals surface area contributed by atoms with Crippen LogP contribution in [0, 0.1) is 0 Å². The second kappa shape index (κ2) is 7.93. The normalized spacial score (nSPS) is 11.0. The van der Waals surface area contributed by atoms with Gasteiger partial charge in [-0.25, -0.2) is 4.21 Å². The molecular formula is C24H18O5S. The Morgan fingerprint density at radius 1 is 0.467 bits per heavy atom. The largest absolute Gasteiger partial charge is 0.508 e. The molecule has 4 rings (SSSR count). The average molecular weight is 418 g/mol. The van der Waals surface area contributed by atoms with E-state index in [1.807, 2.05) is 0 Å². The summed E-state index contributed by atoms with van der Waals surface area (Å²) in [6.07, 6.45) is 0. The number of phenolic OH excluding ortho intramolecular Hbond substituents is 4. The average Bonchev–Trinajstić information content (AvgIpc) is 2.74. The molecule has 0 aliphatic rings. The van der Waals surface area contributed by atoms with E-state index in [4.69, 9.17) is 0 Å². The quantitative estimate of drug-likeness (QED) is 0.373. The van der Waals surface area contributed by atoms with Crippen LogP contribution in [0.25, 0.3) is 22.3 Å². The van der Waals surface area contributed by atoms with Gasteiger partial charge in [0, 0.05) is 0 Å². The third-order valence-electron chi connectivity index (χ3n) is 4.69.